The van der Waals surface area contributed by atoms with E-state index in [2.05, 4.69) is 14.1 Å². The standard InChI is InChI=1S/C11H23N2/c1-13(2)8-7-11(9-13)5-3-10(12)4-6-11/h10H,3-9,12H2,1-2H3/q+1. The molecule has 2 rings (SSSR count). The van der Waals surface area contributed by atoms with Crippen molar-refractivity contribution in [2.24, 2.45) is 11.1 Å². The molecule has 2 nitrogen and oxygen atoms in total. The highest BCUT2D eigenvalue weighted by atomic mass is 15.3. The van der Waals surface area contributed by atoms with E-state index in [1.54, 1.807) is 0 Å². The highest BCUT2D eigenvalue weighted by Crippen LogP contribution is 2.44. The lowest BCUT2D eigenvalue weighted by atomic mass is 9.72. The first-order valence-corrected chi connectivity index (χ1v) is 5.59. The SMILES string of the molecule is C[N+]1(C)CCC2(CCC(N)CC2)C1. The van der Waals surface area contributed by atoms with Crippen LogP contribution in [-0.4, -0.2) is 37.7 Å². The molecule has 1 heterocycles. The molecule has 1 saturated carbocycles. The summed E-state index contributed by atoms with van der Waals surface area (Å²) >= 11 is 0. The third-order valence-electron chi connectivity index (χ3n) is 4.10. The van der Waals surface area contributed by atoms with Crippen LogP contribution in [0.3, 0.4) is 0 Å². The van der Waals surface area contributed by atoms with Gasteiger partial charge in [0.15, 0.2) is 0 Å². The van der Waals surface area contributed by atoms with Crippen LogP contribution in [0.5, 0.6) is 0 Å². The summed E-state index contributed by atoms with van der Waals surface area (Å²) in [5, 5.41) is 0. The van der Waals surface area contributed by atoms with Crippen molar-refractivity contribution in [2.75, 3.05) is 27.2 Å². The van der Waals surface area contributed by atoms with Crippen LogP contribution in [0.1, 0.15) is 32.1 Å². The van der Waals surface area contributed by atoms with E-state index in [0.717, 1.165) is 0 Å². The van der Waals surface area contributed by atoms with Gasteiger partial charge in [0.1, 0.15) is 0 Å². The van der Waals surface area contributed by atoms with Gasteiger partial charge in [-0.3, -0.25) is 0 Å². The third-order valence-corrected chi connectivity index (χ3v) is 4.10. The highest BCUT2D eigenvalue weighted by Gasteiger charge is 2.45. The van der Waals surface area contributed by atoms with Gasteiger partial charge in [0.2, 0.25) is 0 Å². The Labute approximate surface area is 81.7 Å². The van der Waals surface area contributed by atoms with E-state index < -0.39 is 0 Å². The largest absolute Gasteiger partial charge is 0.328 e. The van der Waals surface area contributed by atoms with E-state index >= 15 is 0 Å². The van der Waals surface area contributed by atoms with Crippen LogP contribution >= 0.6 is 0 Å². The molecule has 0 unspecified atom stereocenters. The van der Waals surface area contributed by atoms with E-state index in [9.17, 15) is 0 Å². The maximum atomic E-state index is 5.95. The predicted octanol–water partition coefficient (Wildman–Crippen LogP) is 1.35. The van der Waals surface area contributed by atoms with Crippen molar-refractivity contribution < 1.29 is 4.48 Å². The molecule has 1 aliphatic carbocycles. The molecule has 0 atom stereocenters. The predicted molar refractivity (Wildman–Crippen MR) is 55.3 cm³/mol. The molecule has 2 fully saturated rings. The normalized spacial score (nSPS) is 44.1. The van der Waals surface area contributed by atoms with E-state index in [4.69, 9.17) is 5.73 Å². The summed E-state index contributed by atoms with van der Waals surface area (Å²) in [6, 6.07) is 0.502. The maximum Gasteiger partial charge on any atom is 0.0841 e. The van der Waals surface area contributed by atoms with Gasteiger partial charge < -0.3 is 10.2 Å². The van der Waals surface area contributed by atoms with Crippen molar-refractivity contribution in [3.8, 4) is 0 Å². The Bertz CT molecular complexity index is 190. The molecule has 2 N–H and O–H groups in total. The molecule has 0 radical (unpaired) electrons. The van der Waals surface area contributed by atoms with E-state index in [0.29, 0.717) is 11.5 Å². The summed E-state index contributed by atoms with van der Waals surface area (Å²) in [5.74, 6) is 0. The molecule has 0 aromatic carbocycles. The second kappa shape index (κ2) is 2.96. The Morgan fingerprint density at radius 2 is 1.77 bits per heavy atom. The van der Waals surface area contributed by atoms with Gasteiger partial charge in [-0.2, -0.15) is 0 Å². The molecule has 1 aliphatic heterocycles. The molecule has 76 valence electrons. The van der Waals surface area contributed by atoms with Crippen molar-refractivity contribution in [3.05, 3.63) is 0 Å². The summed E-state index contributed by atoms with van der Waals surface area (Å²) in [6.45, 7) is 2.76. The summed E-state index contributed by atoms with van der Waals surface area (Å²) in [6.07, 6.45) is 6.73. The maximum absolute atomic E-state index is 5.95. The lowest BCUT2D eigenvalue weighted by molar-refractivity contribution is -0.881. The molecule has 0 aromatic rings. The van der Waals surface area contributed by atoms with Crippen LogP contribution in [0.15, 0.2) is 0 Å². The summed E-state index contributed by atoms with van der Waals surface area (Å²) in [4.78, 5) is 0. The molecular weight excluding hydrogens is 160 g/mol. The number of quaternary nitrogens is 1. The molecule has 0 amide bonds. The Balaban J connectivity index is 2.00. The lowest BCUT2D eigenvalue weighted by Gasteiger charge is -2.35. The second-order valence-electron chi connectivity index (χ2n) is 5.90. The number of hydrogen-bond donors (Lipinski definition) is 1. The number of likely N-dealkylation sites (tertiary alicyclic amines) is 1. The van der Waals surface area contributed by atoms with E-state index in [-0.39, 0.29) is 0 Å². The highest BCUT2D eigenvalue weighted by molar-refractivity contribution is 4.89. The van der Waals surface area contributed by atoms with Gasteiger partial charge in [0.25, 0.3) is 0 Å². The quantitative estimate of drug-likeness (QED) is 0.564. The van der Waals surface area contributed by atoms with Gasteiger partial charge in [-0.15, -0.1) is 0 Å². The van der Waals surface area contributed by atoms with Crippen molar-refractivity contribution in [2.45, 2.75) is 38.1 Å². The third kappa shape index (κ3) is 1.89. The minimum absolute atomic E-state index is 0.502. The zero-order chi connectivity index (χ0) is 9.53. The fourth-order valence-electron chi connectivity index (χ4n) is 3.27. The zero-order valence-electron chi connectivity index (χ0n) is 9.05. The van der Waals surface area contributed by atoms with Crippen molar-refractivity contribution >= 4 is 0 Å². The van der Waals surface area contributed by atoms with Crippen LogP contribution in [-0.2, 0) is 0 Å². The van der Waals surface area contributed by atoms with Gasteiger partial charge in [0.05, 0.1) is 27.2 Å². The van der Waals surface area contributed by atoms with Gasteiger partial charge in [-0.1, -0.05) is 0 Å². The van der Waals surface area contributed by atoms with Gasteiger partial charge in [-0.05, 0) is 25.7 Å². The molecular formula is C11H23N2+. The monoisotopic (exact) mass is 183 g/mol. The molecule has 2 heteroatoms. The molecule has 0 bridgehead atoms. The summed E-state index contributed by atoms with van der Waals surface area (Å²) in [5.41, 5.74) is 6.63. The molecule has 1 spiro atoms. The minimum Gasteiger partial charge on any atom is -0.328 e. The molecule has 1 saturated heterocycles. The Hall–Kier alpha value is -0.0800. The zero-order valence-corrected chi connectivity index (χ0v) is 9.05. The molecule has 2 aliphatic rings. The van der Waals surface area contributed by atoms with Crippen LogP contribution in [0.4, 0.5) is 0 Å². The number of nitrogens with zero attached hydrogens (tertiary/aromatic N) is 1. The van der Waals surface area contributed by atoms with Gasteiger partial charge in [0, 0.05) is 17.9 Å². The Morgan fingerprint density at radius 3 is 2.23 bits per heavy atom. The lowest BCUT2D eigenvalue weighted by Crippen LogP contribution is -2.41. The minimum atomic E-state index is 0.502. The fraction of sp³-hybridized carbons (Fsp3) is 1.00. The van der Waals surface area contributed by atoms with Crippen LogP contribution < -0.4 is 5.73 Å². The first-order valence-electron chi connectivity index (χ1n) is 5.59. The van der Waals surface area contributed by atoms with E-state index in [1.165, 1.54) is 49.7 Å². The number of nitrogens with two attached hydrogens (primary N) is 1. The Kier molecular flexibility index (Phi) is 2.16. The molecule has 13 heavy (non-hydrogen) atoms. The first-order chi connectivity index (χ1) is 6.02. The van der Waals surface area contributed by atoms with Crippen LogP contribution in [0, 0.1) is 5.41 Å². The number of rotatable bonds is 0. The van der Waals surface area contributed by atoms with Crippen molar-refractivity contribution in [1.82, 2.24) is 0 Å². The smallest absolute Gasteiger partial charge is 0.0841 e. The fourth-order valence-corrected chi connectivity index (χ4v) is 3.27. The Morgan fingerprint density at radius 1 is 1.15 bits per heavy atom. The van der Waals surface area contributed by atoms with E-state index in [1.807, 2.05) is 0 Å². The average Bonchev–Trinajstić information content (AvgIpc) is 2.35. The van der Waals surface area contributed by atoms with Crippen LogP contribution in [0.2, 0.25) is 0 Å². The van der Waals surface area contributed by atoms with Gasteiger partial charge >= 0.3 is 0 Å². The molecule has 0 aromatic heterocycles. The summed E-state index contributed by atoms with van der Waals surface area (Å²) in [7, 11) is 4.73. The summed E-state index contributed by atoms with van der Waals surface area (Å²) < 4.78 is 1.23. The van der Waals surface area contributed by atoms with Crippen molar-refractivity contribution in [3.63, 3.8) is 0 Å². The van der Waals surface area contributed by atoms with Crippen molar-refractivity contribution in [1.29, 1.82) is 0 Å². The first kappa shape index (κ1) is 9.47. The topological polar surface area (TPSA) is 26.0 Å². The average molecular weight is 183 g/mol. The second-order valence-corrected chi connectivity index (χ2v) is 5.90. The van der Waals surface area contributed by atoms with Gasteiger partial charge in [-0.25, -0.2) is 0 Å². The van der Waals surface area contributed by atoms with Crippen LogP contribution in [0.25, 0.3) is 0 Å². The number of hydrogen-bond acceptors (Lipinski definition) is 1.